The maximum atomic E-state index is 12.8. The number of nitrogens with one attached hydrogen (secondary N) is 1. The zero-order valence-electron chi connectivity index (χ0n) is 14.5. The molecule has 0 radical (unpaired) electrons. The van der Waals surface area contributed by atoms with Gasteiger partial charge in [-0.3, -0.25) is 9.59 Å². The average Bonchev–Trinajstić information content (AvgIpc) is 3.22. The summed E-state index contributed by atoms with van der Waals surface area (Å²) < 4.78 is 31.2. The van der Waals surface area contributed by atoms with Crippen molar-refractivity contribution in [2.45, 2.75) is 4.90 Å². The second-order valence-electron chi connectivity index (χ2n) is 5.91. The molecule has 0 saturated carbocycles. The molecule has 144 valence electrons. The summed E-state index contributed by atoms with van der Waals surface area (Å²) in [7, 11) is -2.40. The van der Waals surface area contributed by atoms with Crippen molar-refractivity contribution in [3.05, 3.63) is 52.9 Å². The van der Waals surface area contributed by atoms with Crippen LogP contribution < -0.4 is 4.72 Å². The monoisotopic (exact) mass is 411 g/mol. The van der Waals surface area contributed by atoms with Crippen LogP contribution >= 0.6 is 11.6 Å². The average molecular weight is 412 g/mol. The normalized spacial score (nSPS) is 15.0. The van der Waals surface area contributed by atoms with Crippen molar-refractivity contribution in [1.82, 2.24) is 14.5 Å². The third kappa shape index (κ3) is 4.00. The number of piperazine rings is 1. The molecule has 1 aromatic heterocycles. The second kappa shape index (κ2) is 7.71. The standard InChI is InChI=1S/C17H18ClN3O5S/c1-19-27(24,25)12-4-5-14(18)13(11-12)16(22)20-6-8-21(9-7-20)17(23)15-3-2-10-26-15/h2-5,10-11,19H,6-9H2,1H3. The minimum absolute atomic E-state index is 0.0376. The van der Waals surface area contributed by atoms with E-state index in [9.17, 15) is 18.0 Å². The summed E-state index contributed by atoms with van der Waals surface area (Å²) in [6.07, 6.45) is 1.43. The fourth-order valence-electron chi connectivity index (χ4n) is 2.79. The molecule has 2 amide bonds. The smallest absolute Gasteiger partial charge is 0.289 e. The predicted molar refractivity (Wildman–Crippen MR) is 98.2 cm³/mol. The van der Waals surface area contributed by atoms with E-state index in [0.717, 1.165) is 0 Å². The fourth-order valence-corrected chi connectivity index (χ4v) is 3.75. The molecule has 27 heavy (non-hydrogen) atoms. The zero-order chi connectivity index (χ0) is 19.6. The molecular weight excluding hydrogens is 394 g/mol. The van der Waals surface area contributed by atoms with Gasteiger partial charge < -0.3 is 14.2 Å². The third-order valence-corrected chi connectivity index (χ3v) is 6.07. The summed E-state index contributed by atoms with van der Waals surface area (Å²) in [5.74, 6) is -0.353. The van der Waals surface area contributed by atoms with Gasteiger partial charge in [0.15, 0.2) is 5.76 Å². The summed E-state index contributed by atoms with van der Waals surface area (Å²) in [5.41, 5.74) is 0.110. The van der Waals surface area contributed by atoms with E-state index in [0.29, 0.717) is 26.2 Å². The summed E-state index contributed by atoms with van der Waals surface area (Å²) >= 11 is 6.11. The molecule has 0 bridgehead atoms. The van der Waals surface area contributed by atoms with Crippen LogP contribution in [0.15, 0.2) is 45.9 Å². The van der Waals surface area contributed by atoms with Crippen LogP contribution in [0, 0.1) is 0 Å². The number of furan rings is 1. The molecule has 1 aromatic carbocycles. The Hall–Kier alpha value is -2.36. The Balaban J connectivity index is 1.73. The van der Waals surface area contributed by atoms with Crippen molar-refractivity contribution < 1.29 is 22.4 Å². The highest BCUT2D eigenvalue weighted by Gasteiger charge is 2.28. The maximum Gasteiger partial charge on any atom is 0.289 e. The summed E-state index contributed by atoms with van der Waals surface area (Å²) in [6.45, 7) is 1.31. The van der Waals surface area contributed by atoms with E-state index < -0.39 is 10.0 Å². The number of hydrogen-bond donors (Lipinski definition) is 1. The molecule has 3 rings (SSSR count). The number of benzene rings is 1. The van der Waals surface area contributed by atoms with Gasteiger partial charge in [-0.05, 0) is 37.4 Å². The number of carbonyl (C=O) groups is 2. The maximum absolute atomic E-state index is 12.8. The number of halogens is 1. The minimum atomic E-state index is -3.69. The number of amides is 2. The van der Waals surface area contributed by atoms with Gasteiger partial charge in [0.1, 0.15) is 0 Å². The topological polar surface area (TPSA) is 99.9 Å². The van der Waals surface area contributed by atoms with Crippen molar-refractivity contribution in [2.24, 2.45) is 0 Å². The van der Waals surface area contributed by atoms with Gasteiger partial charge in [0, 0.05) is 26.2 Å². The van der Waals surface area contributed by atoms with Crippen molar-refractivity contribution in [1.29, 1.82) is 0 Å². The van der Waals surface area contributed by atoms with E-state index in [-0.39, 0.29) is 33.1 Å². The molecule has 0 atom stereocenters. The first-order valence-corrected chi connectivity index (χ1v) is 10.0. The summed E-state index contributed by atoms with van der Waals surface area (Å²) in [4.78, 5) is 28.2. The summed E-state index contributed by atoms with van der Waals surface area (Å²) in [5, 5.41) is 0.171. The lowest BCUT2D eigenvalue weighted by molar-refractivity contribution is 0.0518. The third-order valence-electron chi connectivity index (χ3n) is 4.33. The number of hydrogen-bond acceptors (Lipinski definition) is 5. The lowest BCUT2D eigenvalue weighted by atomic mass is 10.1. The molecule has 8 nitrogen and oxygen atoms in total. The second-order valence-corrected chi connectivity index (χ2v) is 8.20. The van der Waals surface area contributed by atoms with Crippen LogP contribution in [-0.4, -0.2) is 63.3 Å². The number of carbonyl (C=O) groups excluding carboxylic acids is 2. The zero-order valence-corrected chi connectivity index (χ0v) is 16.1. The Labute approximate surface area is 161 Å². The predicted octanol–water partition coefficient (Wildman–Crippen LogP) is 1.44. The Morgan fingerprint density at radius 1 is 1.07 bits per heavy atom. The van der Waals surface area contributed by atoms with Gasteiger partial charge in [0.2, 0.25) is 10.0 Å². The van der Waals surface area contributed by atoms with Crippen LogP contribution in [-0.2, 0) is 10.0 Å². The van der Waals surface area contributed by atoms with E-state index in [4.69, 9.17) is 16.0 Å². The molecule has 0 spiro atoms. The molecule has 0 unspecified atom stereocenters. The largest absolute Gasteiger partial charge is 0.459 e. The first-order chi connectivity index (χ1) is 12.8. The van der Waals surface area contributed by atoms with Crippen molar-refractivity contribution in [2.75, 3.05) is 33.2 Å². The molecule has 10 heteroatoms. The minimum Gasteiger partial charge on any atom is -0.459 e. The van der Waals surface area contributed by atoms with Crippen molar-refractivity contribution in [3.8, 4) is 0 Å². The first kappa shape index (κ1) is 19.4. The Morgan fingerprint density at radius 3 is 2.26 bits per heavy atom. The van der Waals surface area contributed by atoms with Gasteiger partial charge in [0.05, 0.1) is 21.7 Å². The molecule has 1 fully saturated rings. The molecule has 1 aliphatic heterocycles. The lowest BCUT2D eigenvalue weighted by Crippen LogP contribution is -2.50. The highest BCUT2D eigenvalue weighted by atomic mass is 35.5. The van der Waals surface area contributed by atoms with Gasteiger partial charge in [0.25, 0.3) is 11.8 Å². The van der Waals surface area contributed by atoms with Crippen molar-refractivity contribution in [3.63, 3.8) is 0 Å². The highest BCUT2D eigenvalue weighted by Crippen LogP contribution is 2.23. The molecule has 0 aliphatic carbocycles. The first-order valence-electron chi connectivity index (χ1n) is 8.18. The highest BCUT2D eigenvalue weighted by molar-refractivity contribution is 7.89. The number of sulfonamides is 1. The molecule has 2 heterocycles. The van der Waals surface area contributed by atoms with E-state index in [1.54, 1.807) is 21.9 Å². The van der Waals surface area contributed by atoms with Crippen LogP contribution in [0.4, 0.5) is 0 Å². The quantitative estimate of drug-likeness (QED) is 0.820. The van der Waals surface area contributed by atoms with Gasteiger partial charge in [-0.15, -0.1) is 0 Å². The van der Waals surface area contributed by atoms with Crippen LogP contribution in [0.3, 0.4) is 0 Å². The Morgan fingerprint density at radius 2 is 1.70 bits per heavy atom. The number of rotatable bonds is 4. The van der Waals surface area contributed by atoms with Gasteiger partial charge in [-0.1, -0.05) is 11.6 Å². The van der Waals surface area contributed by atoms with E-state index in [1.807, 2.05) is 0 Å². The molecular formula is C17H18ClN3O5S. The van der Waals surface area contributed by atoms with Crippen LogP contribution in [0.2, 0.25) is 5.02 Å². The molecule has 1 N–H and O–H groups in total. The fraction of sp³-hybridized carbons (Fsp3) is 0.294. The number of nitrogens with zero attached hydrogens (tertiary/aromatic N) is 2. The Kier molecular flexibility index (Phi) is 5.54. The SMILES string of the molecule is CNS(=O)(=O)c1ccc(Cl)c(C(=O)N2CCN(C(=O)c3ccco3)CC2)c1. The van der Waals surface area contributed by atoms with Gasteiger partial charge >= 0.3 is 0 Å². The van der Waals surface area contributed by atoms with E-state index >= 15 is 0 Å². The molecule has 2 aromatic rings. The Bertz CT molecular complexity index is 951. The molecule has 1 saturated heterocycles. The summed E-state index contributed by atoms with van der Waals surface area (Å²) in [6, 6.07) is 7.21. The van der Waals surface area contributed by atoms with E-state index in [2.05, 4.69) is 4.72 Å². The van der Waals surface area contributed by atoms with E-state index in [1.165, 1.54) is 31.5 Å². The van der Waals surface area contributed by atoms with Gasteiger partial charge in [-0.25, -0.2) is 13.1 Å². The van der Waals surface area contributed by atoms with Gasteiger partial charge in [-0.2, -0.15) is 0 Å². The van der Waals surface area contributed by atoms with Crippen LogP contribution in [0.5, 0.6) is 0 Å². The van der Waals surface area contributed by atoms with Crippen LogP contribution in [0.1, 0.15) is 20.9 Å². The molecule has 1 aliphatic rings. The van der Waals surface area contributed by atoms with Crippen molar-refractivity contribution >= 4 is 33.4 Å². The lowest BCUT2D eigenvalue weighted by Gasteiger charge is -2.34. The van der Waals surface area contributed by atoms with Crippen LogP contribution in [0.25, 0.3) is 0 Å².